The van der Waals surface area contributed by atoms with Crippen LogP contribution in [0.3, 0.4) is 0 Å². The maximum absolute atomic E-state index is 12.2. The normalized spacial score (nSPS) is 9.78. The minimum absolute atomic E-state index is 0.204. The van der Waals surface area contributed by atoms with E-state index in [4.69, 9.17) is 0 Å². The van der Waals surface area contributed by atoms with Crippen LogP contribution in [0.15, 0.2) is 49.2 Å². The van der Waals surface area contributed by atoms with Crippen molar-refractivity contribution in [3.63, 3.8) is 0 Å². The van der Waals surface area contributed by atoms with Crippen molar-refractivity contribution >= 4 is 23.5 Å². The SMILES string of the molecule is C=CCNc1nccc(C(=O)Nc2cccc(C(=O)OC)c2)n1. The largest absolute Gasteiger partial charge is 0.465 e. The number of benzene rings is 1. The molecule has 0 spiro atoms. The van der Waals surface area contributed by atoms with Gasteiger partial charge in [0.15, 0.2) is 0 Å². The van der Waals surface area contributed by atoms with Gasteiger partial charge in [-0.15, -0.1) is 6.58 Å². The molecule has 7 nitrogen and oxygen atoms in total. The van der Waals surface area contributed by atoms with Gasteiger partial charge in [-0.05, 0) is 24.3 Å². The van der Waals surface area contributed by atoms with Crippen molar-refractivity contribution in [2.24, 2.45) is 0 Å². The summed E-state index contributed by atoms with van der Waals surface area (Å²) in [7, 11) is 1.30. The first kappa shape index (κ1) is 16.2. The molecule has 0 bridgehead atoms. The Morgan fingerprint density at radius 2 is 2.17 bits per heavy atom. The Hall–Kier alpha value is -3.22. The van der Waals surface area contributed by atoms with E-state index in [2.05, 4.69) is 31.9 Å². The molecule has 0 fully saturated rings. The van der Waals surface area contributed by atoms with Gasteiger partial charge in [-0.2, -0.15) is 0 Å². The van der Waals surface area contributed by atoms with Gasteiger partial charge < -0.3 is 15.4 Å². The molecule has 1 amide bonds. The van der Waals surface area contributed by atoms with Crippen molar-refractivity contribution in [3.8, 4) is 0 Å². The van der Waals surface area contributed by atoms with Gasteiger partial charge in [0.1, 0.15) is 5.69 Å². The van der Waals surface area contributed by atoms with Crippen molar-refractivity contribution in [1.29, 1.82) is 0 Å². The molecule has 1 aromatic carbocycles. The second kappa shape index (κ2) is 7.69. The van der Waals surface area contributed by atoms with E-state index in [1.807, 2.05) is 0 Å². The molecule has 1 aromatic heterocycles. The minimum atomic E-state index is -0.473. The molecule has 0 unspecified atom stereocenters. The molecular weight excluding hydrogens is 296 g/mol. The van der Waals surface area contributed by atoms with Gasteiger partial charge >= 0.3 is 5.97 Å². The van der Waals surface area contributed by atoms with Crippen molar-refractivity contribution in [3.05, 3.63) is 60.4 Å². The highest BCUT2D eigenvalue weighted by Gasteiger charge is 2.11. The van der Waals surface area contributed by atoms with Crippen LogP contribution in [-0.4, -0.2) is 35.5 Å². The quantitative estimate of drug-likeness (QED) is 0.627. The lowest BCUT2D eigenvalue weighted by Crippen LogP contribution is -2.15. The van der Waals surface area contributed by atoms with Crippen LogP contribution >= 0.6 is 0 Å². The lowest BCUT2D eigenvalue weighted by atomic mass is 10.2. The fourth-order valence-corrected chi connectivity index (χ4v) is 1.77. The van der Waals surface area contributed by atoms with Crippen LogP contribution in [0.4, 0.5) is 11.6 Å². The van der Waals surface area contributed by atoms with Crippen molar-refractivity contribution in [2.45, 2.75) is 0 Å². The van der Waals surface area contributed by atoms with E-state index >= 15 is 0 Å². The maximum Gasteiger partial charge on any atom is 0.337 e. The van der Waals surface area contributed by atoms with E-state index in [1.165, 1.54) is 25.4 Å². The first-order valence-corrected chi connectivity index (χ1v) is 6.81. The molecule has 0 aliphatic heterocycles. The summed E-state index contributed by atoms with van der Waals surface area (Å²) < 4.78 is 4.65. The number of ether oxygens (including phenoxy) is 1. The molecule has 2 aromatic rings. The Morgan fingerprint density at radius 1 is 1.35 bits per heavy atom. The smallest absolute Gasteiger partial charge is 0.337 e. The number of anilines is 2. The first-order valence-electron chi connectivity index (χ1n) is 6.81. The molecule has 118 valence electrons. The molecule has 2 rings (SSSR count). The lowest BCUT2D eigenvalue weighted by molar-refractivity contribution is 0.0600. The highest BCUT2D eigenvalue weighted by atomic mass is 16.5. The summed E-state index contributed by atoms with van der Waals surface area (Å²) in [5.74, 6) is -0.545. The molecule has 0 atom stereocenters. The van der Waals surface area contributed by atoms with Gasteiger partial charge in [0.05, 0.1) is 12.7 Å². The van der Waals surface area contributed by atoms with Crippen LogP contribution in [0.25, 0.3) is 0 Å². The molecule has 1 heterocycles. The molecule has 0 saturated heterocycles. The Balaban J connectivity index is 2.12. The third-order valence-electron chi connectivity index (χ3n) is 2.83. The van der Waals surface area contributed by atoms with Gasteiger partial charge in [0, 0.05) is 18.4 Å². The number of amides is 1. The molecule has 0 radical (unpaired) electrons. The molecule has 0 saturated carbocycles. The molecule has 0 aliphatic rings. The zero-order chi connectivity index (χ0) is 16.7. The Bertz CT molecular complexity index is 731. The fourth-order valence-electron chi connectivity index (χ4n) is 1.77. The van der Waals surface area contributed by atoms with Gasteiger partial charge in [-0.3, -0.25) is 4.79 Å². The van der Waals surface area contributed by atoms with Crippen LogP contribution in [0, 0.1) is 0 Å². The Labute approximate surface area is 133 Å². The van der Waals surface area contributed by atoms with Crippen LogP contribution in [0.2, 0.25) is 0 Å². The Kier molecular flexibility index (Phi) is 5.40. The predicted molar refractivity (Wildman–Crippen MR) is 86.5 cm³/mol. The predicted octanol–water partition coefficient (Wildman–Crippen LogP) is 2.11. The summed E-state index contributed by atoms with van der Waals surface area (Å²) in [6.07, 6.45) is 3.15. The van der Waals surface area contributed by atoms with Crippen molar-refractivity contribution in [2.75, 3.05) is 24.3 Å². The number of hydrogen-bond acceptors (Lipinski definition) is 6. The molecule has 2 N–H and O–H groups in total. The molecule has 23 heavy (non-hydrogen) atoms. The highest BCUT2D eigenvalue weighted by molar-refractivity contribution is 6.03. The zero-order valence-corrected chi connectivity index (χ0v) is 12.6. The zero-order valence-electron chi connectivity index (χ0n) is 12.6. The van der Waals surface area contributed by atoms with Crippen LogP contribution in [0.1, 0.15) is 20.8 Å². The monoisotopic (exact) mass is 312 g/mol. The summed E-state index contributed by atoms with van der Waals surface area (Å²) >= 11 is 0. The molecule has 0 aliphatic carbocycles. The number of methoxy groups -OCH3 is 1. The van der Waals surface area contributed by atoms with Crippen LogP contribution < -0.4 is 10.6 Å². The average molecular weight is 312 g/mol. The molecular formula is C16H16N4O3. The standard InChI is InChI=1S/C16H16N4O3/c1-3-8-17-16-18-9-7-13(20-16)14(21)19-12-6-4-5-11(10-12)15(22)23-2/h3-7,9-10H,1,8H2,2H3,(H,19,21)(H,17,18,20). The van der Waals surface area contributed by atoms with E-state index in [0.717, 1.165) is 0 Å². The Morgan fingerprint density at radius 3 is 2.91 bits per heavy atom. The number of carbonyl (C=O) groups is 2. The second-order valence-electron chi connectivity index (χ2n) is 4.46. The van der Waals surface area contributed by atoms with E-state index in [9.17, 15) is 9.59 Å². The van der Waals surface area contributed by atoms with Gasteiger partial charge in [0.2, 0.25) is 5.95 Å². The summed E-state index contributed by atoms with van der Waals surface area (Å²) in [5, 5.41) is 5.58. The van der Waals surface area contributed by atoms with E-state index in [-0.39, 0.29) is 5.69 Å². The van der Waals surface area contributed by atoms with E-state index in [0.29, 0.717) is 23.7 Å². The van der Waals surface area contributed by atoms with Crippen LogP contribution in [-0.2, 0) is 4.74 Å². The summed E-state index contributed by atoms with van der Waals surface area (Å²) in [6, 6.07) is 7.95. The minimum Gasteiger partial charge on any atom is -0.465 e. The number of rotatable bonds is 6. The first-order chi connectivity index (χ1) is 11.1. The lowest BCUT2D eigenvalue weighted by Gasteiger charge is -2.07. The summed E-state index contributed by atoms with van der Waals surface area (Å²) in [5.41, 5.74) is 1.02. The maximum atomic E-state index is 12.2. The number of carbonyl (C=O) groups excluding carboxylic acids is 2. The summed E-state index contributed by atoms with van der Waals surface area (Å²) in [6.45, 7) is 4.08. The number of hydrogen-bond donors (Lipinski definition) is 2. The van der Waals surface area contributed by atoms with Gasteiger partial charge in [-0.1, -0.05) is 12.1 Å². The third kappa shape index (κ3) is 4.37. The second-order valence-corrected chi connectivity index (χ2v) is 4.46. The van der Waals surface area contributed by atoms with Gasteiger partial charge in [0.25, 0.3) is 5.91 Å². The van der Waals surface area contributed by atoms with E-state index in [1.54, 1.807) is 24.3 Å². The van der Waals surface area contributed by atoms with E-state index < -0.39 is 11.9 Å². The average Bonchev–Trinajstić information content (AvgIpc) is 2.59. The van der Waals surface area contributed by atoms with Crippen LogP contribution in [0.5, 0.6) is 0 Å². The number of nitrogens with one attached hydrogen (secondary N) is 2. The van der Waals surface area contributed by atoms with Crippen molar-refractivity contribution in [1.82, 2.24) is 9.97 Å². The topological polar surface area (TPSA) is 93.2 Å². The van der Waals surface area contributed by atoms with Gasteiger partial charge in [-0.25, -0.2) is 14.8 Å². The number of esters is 1. The third-order valence-corrected chi connectivity index (χ3v) is 2.83. The fraction of sp³-hybridized carbons (Fsp3) is 0.125. The number of aromatic nitrogens is 2. The van der Waals surface area contributed by atoms with Crippen molar-refractivity contribution < 1.29 is 14.3 Å². The molecule has 7 heteroatoms. The highest BCUT2D eigenvalue weighted by Crippen LogP contribution is 2.13. The number of nitrogens with zero attached hydrogens (tertiary/aromatic N) is 2. The summed E-state index contributed by atoms with van der Waals surface area (Å²) in [4.78, 5) is 31.8.